The Balaban J connectivity index is 1.70. The molecule has 0 aliphatic carbocycles. The van der Waals surface area contributed by atoms with Gasteiger partial charge < -0.3 is 10.6 Å². The number of amides is 2. The summed E-state index contributed by atoms with van der Waals surface area (Å²) < 4.78 is 0.851. The average molecular weight is 373 g/mol. The Labute approximate surface area is 143 Å². The maximum atomic E-state index is 11.9. The van der Waals surface area contributed by atoms with Crippen molar-refractivity contribution in [3.05, 3.63) is 76.3 Å². The minimum absolute atomic E-state index is 0.166. The van der Waals surface area contributed by atoms with Crippen LogP contribution in [0, 0.1) is 0 Å². The molecule has 4 nitrogen and oxygen atoms in total. The lowest BCUT2D eigenvalue weighted by Gasteiger charge is -2.06. The summed E-state index contributed by atoms with van der Waals surface area (Å²) >= 11 is 3.32. The van der Waals surface area contributed by atoms with E-state index in [2.05, 4.69) is 26.6 Å². The maximum Gasteiger partial charge on any atom is 0.251 e. The van der Waals surface area contributed by atoms with Gasteiger partial charge in [0, 0.05) is 29.2 Å². The summed E-state index contributed by atoms with van der Waals surface area (Å²) in [5.74, 6) is -0.356. The third-order valence-electron chi connectivity index (χ3n) is 3.02. The highest BCUT2D eigenvalue weighted by Crippen LogP contribution is 2.11. The minimum Gasteiger partial charge on any atom is -0.351 e. The van der Waals surface area contributed by atoms with Crippen LogP contribution in [0.15, 0.2) is 65.1 Å². The topological polar surface area (TPSA) is 58.2 Å². The highest BCUT2D eigenvalue weighted by molar-refractivity contribution is 9.10. The fourth-order valence-corrected chi connectivity index (χ4v) is 2.29. The molecular formula is C18H17BrN2O2. The molecule has 0 radical (unpaired) electrons. The SMILES string of the molecule is O=C(/C=C/c1ccccc1)NCCNC(=O)c1cccc(Br)c1. The summed E-state index contributed by atoms with van der Waals surface area (Å²) in [5, 5.41) is 5.48. The van der Waals surface area contributed by atoms with Gasteiger partial charge in [0.15, 0.2) is 0 Å². The van der Waals surface area contributed by atoms with Crippen LogP contribution in [0.4, 0.5) is 0 Å². The lowest BCUT2D eigenvalue weighted by Crippen LogP contribution is -2.33. The number of nitrogens with one attached hydrogen (secondary N) is 2. The number of benzene rings is 2. The number of halogens is 1. The normalized spacial score (nSPS) is 10.5. The molecule has 118 valence electrons. The highest BCUT2D eigenvalue weighted by Gasteiger charge is 2.04. The first-order valence-electron chi connectivity index (χ1n) is 7.20. The van der Waals surface area contributed by atoms with Crippen molar-refractivity contribution in [2.45, 2.75) is 0 Å². The molecule has 0 aromatic heterocycles. The van der Waals surface area contributed by atoms with Crippen molar-refractivity contribution in [2.24, 2.45) is 0 Å². The number of carbonyl (C=O) groups excluding carboxylic acids is 2. The van der Waals surface area contributed by atoms with E-state index in [9.17, 15) is 9.59 Å². The Morgan fingerprint density at radius 2 is 1.70 bits per heavy atom. The zero-order chi connectivity index (χ0) is 16.5. The van der Waals surface area contributed by atoms with E-state index in [4.69, 9.17) is 0 Å². The van der Waals surface area contributed by atoms with Crippen molar-refractivity contribution in [1.82, 2.24) is 10.6 Å². The molecule has 5 heteroatoms. The molecule has 2 aromatic carbocycles. The Hall–Kier alpha value is -2.40. The van der Waals surface area contributed by atoms with E-state index in [0.717, 1.165) is 10.0 Å². The third-order valence-corrected chi connectivity index (χ3v) is 3.52. The molecule has 0 aliphatic rings. The van der Waals surface area contributed by atoms with Gasteiger partial charge >= 0.3 is 0 Å². The predicted octanol–water partition coefficient (Wildman–Crippen LogP) is 3.01. The van der Waals surface area contributed by atoms with Gasteiger partial charge in [-0.3, -0.25) is 9.59 Å². The fraction of sp³-hybridized carbons (Fsp3) is 0.111. The summed E-state index contributed by atoms with van der Waals surface area (Å²) in [6.45, 7) is 0.744. The van der Waals surface area contributed by atoms with Crippen molar-refractivity contribution in [3.8, 4) is 0 Å². The van der Waals surface area contributed by atoms with E-state index in [1.165, 1.54) is 6.08 Å². The maximum absolute atomic E-state index is 11.9. The Kier molecular flexibility index (Phi) is 6.56. The zero-order valence-corrected chi connectivity index (χ0v) is 14.0. The molecule has 0 heterocycles. The Morgan fingerprint density at radius 3 is 2.43 bits per heavy atom. The smallest absolute Gasteiger partial charge is 0.251 e. The van der Waals surface area contributed by atoms with Gasteiger partial charge in [0.05, 0.1) is 0 Å². The standard InChI is InChI=1S/C18H17BrN2O2/c19-16-8-4-7-15(13-16)18(23)21-12-11-20-17(22)10-9-14-5-2-1-3-6-14/h1-10,13H,11-12H2,(H,20,22)(H,21,23)/b10-9+. The van der Waals surface area contributed by atoms with Crippen LogP contribution in [0.3, 0.4) is 0 Å². The molecular weight excluding hydrogens is 356 g/mol. The summed E-state index contributed by atoms with van der Waals surface area (Å²) in [5.41, 5.74) is 1.54. The predicted molar refractivity (Wildman–Crippen MR) is 95.0 cm³/mol. The van der Waals surface area contributed by atoms with Crippen molar-refractivity contribution in [3.63, 3.8) is 0 Å². The number of hydrogen-bond acceptors (Lipinski definition) is 2. The summed E-state index contributed by atoms with van der Waals surface area (Å²) in [6.07, 6.45) is 3.22. The molecule has 0 saturated heterocycles. The van der Waals surface area contributed by atoms with Crippen LogP contribution >= 0.6 is 15.9 Å². The van der Waals surface area contributed by atoms with Gasteiger partial charge in [-0.15, -0.1) is 0 Å². The quantitative estimate of drug-likeness (QED) is 0.604. The van der Waals surface area contributed by atoms with E-state index in [0.29, 0.717) is 18.7 Å². The fourth-order valence-electron chi connectivity index (χ4n) is 1.89. The molecule has 0 spiro atoms. The number of rotatable bonds is 6. The van der Waals surface area contributed by atoms with Crippen LogP contribution in [0.1, 0.15) is 15.9 Å². The first-order valence-corrected chi connectivity index (χ1v) is 7.99. The van der Waals surface area contributed by atoms with Gasteiger partial charge in [0.25, 0.3) is 5.91 Å². The van der Waals surface area contributed by atoms with Gasteiger partial charge in [-0.05, 0) is 29.8 Å². The number of carbonyl (C=O) groups is 2. The molecule has 0 bridgehead atoms. The molecule has 2 aromatic rings. The lowest BCUT2D eigenvalue weighted by atomic mass is 10.2. The highest BCUT2D eigenvalue weighted by atomic mass is 79.9. The summed E-state index contributed by atoms with van der Waals surface area (Å²) in [4.78, 5) is 23.6. The molecule has 0 unspecified atom stereocenters. The second-order valence-electron chi connectivity index (χ2n) is 4.80. The summed E-state index contributed by atoms with van der Waals surface area (Å²) in [6, 6.07) is 16.7. The monoisotopic (exact) mass is 372 g/mol. The molecule has 23 heavy (non-hydrogen) atoms. The van der Waals surface area contributed by atoms with Crippen molar-refractivity contribution in [1.29, 1.82) is 0 Å². The van der Waals surface area contributed by atoms with Crippen LogP contribution in [0.2, 0.25) is 0 Å². The molecule has 2 N–H and O–H groups in total. The Morgan fingerprint density at radius 1 is 0.957 bits per heavy atom. The van der Waals surface area contributed by atoms with Gasteiger partial charge in [0.1, 0.15) is 0 Å². The molecule has 2 amide bonds. The van der Waals surface area contributed by atoms with Crippen molar-refractivity contribution < 1.29 is 9.59 Å². The molecule has 0 aliphatic heterocycles. The minimum atomic E-state index is -0.189. The van der Waals surface area contributed by atoms with E-state index < -0.39 is 0 Å². The lowest BCUT2D eigenvalue weighted by molar-refractivity contribution is -0.116. The van der Waals surface area contributed by atoms with E-state index >= 15 is 0 Å². The van der Waals surface area contributed by atoms with Crippen LogP contribution in [-0.2, 0) is 4.79 Å². The zero-order valence-electron chi connectivity index (χ0n) is 12.5. The van der Waals surface area contributed by atoms with Crippen molar-refractivity contribution in [2.75, 3.05) is 13.1 Å². The van der Waals surface area contributed by atoms with E-state index in [1.54, 1.807) is 24.3 Å². The first kappa shape index (κ1) is 17.0. The van der Waals surface area contributed by atoms with Gasteiger partial charge in [-0.2, -0.15) is 0 Å². The third kappa shape index (κ3) is 6.08. The van der Waals surface area contributed by atoms with Gasteiger partial charge in [-0.1, -0.05) is 52.3 Å². The molecule has 0 saturated carbocycles. The largest absolute Gasteiger partial charge is 0.351 e. The van der Waals surface area contributed by atoms with E-state index in [-0.39, 0.29) is 11.8 Å². The number of hydrogen-bond donors (Lipinski definition) is 2. The molecule has 0 fully saturated rings. The van der Waals surface area contributed by atoms with Gasteiger partial charge in [-0.25, -0.2) is 0 Å². The Bertz CT molecular complexity index is 699. The molecule has 2 rings (SSSR count). The average Bonchev–Trinajstić information content (AvgIpc) is 2.57. The van der Waals surface area contributed by atoms with Gasteiger partial charge in [0.2, 0.25) is 5.91 Å². The van der Waals surface area contributed by atoms with Crippen molar-refractivity contribution >= 4 is 33.8 Å². The first-order chi connectivity index (χ1) is 11.1. The van der Waals surface area contributed by atoms with Crippen LogP contribution < -0.4 is 10.6 Å². The second kappa shape index (κ2) is 8.90. The summed E-state index contributed by atoms with van der Waals surface area (Å²) in [7, 11) is 0. The second-order valence-corrected chi connectivity index (χ2v) is 5.72. The van der Waals surface area contributed by atoms with Crippen LogP contribution in [-0.4, -0.2) is 24.9 Å². The van der Waals surface area contributed by atoms with Crippen LogP contribution in [0.25, 0.3) is 6.08 Å². The van der Waals surface area contributed by atoms with E-state index in [1.807, 2.05) is 36.4 Å². The van der Waals surface area contributed by atoms with Crippen LogP contribution in [0.5, 0.6) is 0 Å². The molecule has 0 atom stereocenters.